The normalized spacial score (nSPS) is 14.4. The molecule has 0 atom stereocenters. The first-order valence-electron chi connectivity index (χ1n) is 9.92. The molecular weight excluding hydrogens is 368 g/mol. The summed E-state index contributed by atoms with van der Waals surface area (Å²) in [6, 6.07) is 5.80. The fraction of sp³-hybridized carbons (Fsp3) is 0.429. The van der Waals surface area contributed by atoms with E-state index in [1.165, 1.54) is 0 Å². The Balaban J connectivity index is 1.38. The van der Waals surface area contributed by atoms with Crippen LogP contribution in [0.3, 0.4) is 0 Å². The summed E-state index contributed by atoms with van der Waals surface area (Å²) < 4.78 is 7.22. The smallest absolute Gasteiger partial charge is 0.224 e. The van der Waals surface area contributed by atoms with Crippen LogP contribution < -0.4 is 10.2 Å². The summed E-state index contributed by atoms with van der Waals surface area (Å²) in [4.78, 5) is 23.7. The summed E-state index contributed by atoms with van der Waals surface area (Å²) in [5.74, 6) is 0.868. The SMILES string of the molecule is Cc1cc2nc(C)c(CCC(=O)Nc3ccc(N4CCOCC4)nc3)c(C)n2n1. The minimum Gasteiger partial charge on any atom is -0.378 e. The molecule has 1 amide bonds. The molecule has 1 aliphatic heterocycles. The molecule has 3 aromatic rings. The van der Waals surface area contributed by atoms with Crippen molar-refractivity contribution < 1.29 is 9.53 Å². The maximum Gasteiger partial charge on any atom is 0.224 e. The fourth-order valence-corrected chi connectivity index (χ4v) is 3.70. The van der Waals surface area contributed by atoms with Gasteiger partial charge in [-0.25, -0.2) is 14.5 Å². The molecule has 0 bridgehead atoms. The van der Waals surface area contributed by atoms with Crippen molar-refractivity contribution in [3.05, 3.63) is 47.0 Å². The summed E-state index contributed by atoms with van der Waals surface area (Å²) >= 11 is 0. The summed E-state index contributed by atoms with van der Waals surface area (Å²) in [6.45, 7) is 9.08. The highest BCUT2D eigenvalue weighted by Gasteiger charge is 2.14. The van der Waals surface area contributed by atoms with E-state index >= 15 is 0 Å². The number of nitrogens with zero attached hydrogens (tertiary/aromatic N) is 5. The van der Waals surface area contributed by atoms with Crippen LogP contribution in [-0.2, 0) is 16.0 Å². The van der Waals surface area contributed by atoms with Gasteiger partial charge in [0.15, 0.2) is 5.65 Å². The van der Waals surface area contributed by atoms with Crippen LogP contribution in [0.5, 0.6) is 0 Å². The van der Waals surface area contributed by atoms with Crippen molar-refractivity contribution in [2.45, 2.75) is 33.6 Å². The highest BCUT2D eigenvalue weighted by molar-refractivity contribution is 5.90. The molecule has 8 nitrogen and oxygen atoms in total. The Bertz CT molecular complexity index is 1020. The third-order valence-electron chi connectivity index (χ3n) is 5.25. The molecule has 0 aromatic carbocycles. The lowest BCUT2D eigenvalue weighted by molar-refractivity contribution is -0.116. The topological polar surface area (TPSA) is 84.7 Å². The molecule has 4 heterocycles. The number of hydrogen-bond acceptors (Lipinski definition) is 6. The second-order valence-corrected chi connectivity index (χ2v) is 7.37. The molecule has 0 aliphatic carbocycles. The number of carbonyl (C=O) groups excluding carboxylic acids is 1. The molecule has 1 saturated heterocycles. The van der Waals surface area contributed by atoms with Crippen LogP contribution in [0, 0.1) is 20.8 Å². The average molecular weight is 394 g/mol. The van der Waals surface area contributed by atoms with E-state index in [9.17, 15) is 4.79 Å². The largest absolute Gasteiger partial charge is 0.378 e. The van der Waals surface area contributed by atoms with E-state index in [1.54, 1.807) is 6.20 Å². The minimum atomic E-state index is -0.0403. The summed E-state index contributed by atoms with van der Waals surface area (Å²) in [5.41, 5.74) is 5.53. The van der Waals surface area contributed by atoms with Crippen molar-refractivity contribution in [2.24, 2.45) is 0 Å². The Morgan fingerprint density at radius 1 is 1.21 bits per heavy atom. The Kier molecular flexibility index (Phi) is 5.44. The Hall–Kier alpha value is -3.00. The monoisotopic (exact) mass is 394 g/mol. The molecule has 1 fully saturated rings. The maximum absolute atomic E-state index is 12.5. The van der Waals surface area contributed by atoms with Gasteiger partial charge in [-0.2, -0.15) is 5.10 Å². The quantitative estimate of drug-likeness (QED) is 0.716. The number of ether oxygens (including phenoxy) is 1. The first-order chi connectivity index (χ1) is 14.0. The van der Waals surface area contributed by atoms with Gasteiger partial charge in [-0.3, -0.25) is 4.79 Å². The van der Waals surface area contributed by atoms with Crippen molar-refractivity contribution >= 4 is 23.1 Å². The van der Waals surface area contributed by atoms with Gasteiger partial charge < -0.3 is 15.0 Å². The number of hydrogen-bond donors (Lipinski definition) is 1. The van der Waals surface area contributed by atoms with E-state index in [4.69, 9.17) is 4.74 Å². The van der Waals surface area contributed by atoms with Crippen molar-refractivity contribution in [1.82, 2.24) is 19.6 Å². The highest BCUT2D eigenvalue weighted by atomic mass is 16.5. The van der Waals surface area contributed by atoms with Gasteiger partial charge in [0.1, 0.15) is 5.82 Å². The first-order valence-corrected chi connectivity index (χ1v) is 9.92. The number of rotatable bonds is 5. The van der Waals surface area contributed by atoms with Crippen LogP contribution in [-0.4, -0.2) is 51.8 Å². The molecule has 152 valence electrons. The van der Waals surface area contributed by atoms with Gasteiger partial charge in [-0.1, -0.05) is 0 Å². The fourth-order valence-electron chi connectivity index (χ4n) is 3.70. The van der Waals surface area contributed by atoms with E-state index in [-0.39, 0.29) is 5.91 Å². The molecule has 4 rings (SSSR count). The zero-order valence-corrected chi connectivity index (χ0v) is 17.1. The summed E-state index contributed by atoms with van der Waals surface area (Å²) in [5, 5.41) is 7.42. The number of pyridine rings is 1. The van der Waals surface area contributed by atoms with E-state index in [2.05, 4.69) is 25.3 Å². The molecule has 1 N–H and O–H groups in total. The summed E-state index contributed by atoms with van der Waals surface area (Å²) in [7, 11) is 0. The van der Waals surface area contributed by atoms with Crippen molar-refractivity contribution in [3.8, 4) is 0 Å². The number of morpholine rings is 1. The second kappa shape index (κ2) is 8.16. The molecule has 0 saturated carbocycles. The van der Waals surface area contributed by atoms with Gasteiger partial charge >= 0.3 is 0 Å². The number of nitrogens with one attached hydrogen (secondary N) is 1. The van der Waals surface area contributed by atoms with Crippen LogP contribution in [0.25, 0.3) is 5.65 Å². The van der Waals surface area contributed by atoms with Crippen molar-refractivity contribution in [1.29, 1.82) is 0 Å². The first kappa shape index (κ1) is 19.3. The molecule has 3 aromatic heterocycles. The molecule has 0 spiro atoms. The number of fused-ring (bicyclic) bond motifs is 1. The second-order valence-electron chi connectivity index (χ2n) is 7.37. The van der Waals surface area contributed by atoms with Crippen molar-refractivity contribution in [2.75, 3.05) is 36.5 Å². The van der Waals surface area contributed by atoms with Crippen LogP contribution in [0.4, 0.5) is 11.5 Å². The van der Waals surface area contributed by atoms with E-state index < -0.39 is 0 Å². The third kappa shape index (κ3) is 4.22. The van der Waals surface area contributed by atoms with Gasteiger partial charge in [-0.15, -0.1) is 0 Å². The lowest BCUT2D eigenvalue weighted by atomic mass is 10.1. The van der Waals surface area contributed by atoms with Gasteiger partial charge in [0.25, 0.3) is 0 Å². The van der Waals surface area contributed by atoms with E-state index in [0.717, 1.165) is 60.4 Å². The van der Waals surface area contributed by atoms with Gasteiger partial charge in [0.2, 0.25) is 5.91 Å². The average Bonchev–Trinajstić information content (AvgIpc) is 3.09. The van der Waals surface area contributed by atoms with Crippen molar-refractivity contribution in [3.63, 3.8) is 0 Å². The van der Waals surface area contributed by atoms with Crippen LogP contribution in [0.2, 0.25) is 0 Å². The molecule has 1 aliphatic rings. The van der Waals surface area contributed by atoms with Crippen LogP contribution >= 0.6 is 0 Å². The Morgan fingerprint density at radius 3 is 2.72 bits per heavy atom. The predicted octanol–water partition coefficient (Wildman–Crippen LogP) is 2.46. The summed E-state index contributed by atoms with van der Waals surface area (Å²) in [6.07, 6.45) is 2.70. The highest BCUT2D eigenvalue weighted by Crippen LogP contribution is 2.18. The standard InChI is InChI=1S/C21H26N6O2/c1-14-12-20-23-15(2)18(16(3)27(20)25-14)5-7-21(28)24-17-4-6-19(22-13-17)26-8-10-29-11-9-26/h4,6,12-13H,5,7-11H2,1-3H3,(H,24,28). The van der Waals surface area contributed by atoms with Crippen LogP contribution in [0.1, 0.15) is 29.1 Å². The minimum absolute atomic E-state index is 0.0403. The van der Waals surface area contributed by atoms with Gasteiger partial charge in [0.05, 0.1) is 30.8 Å². The number of carbonyl (C=O) groups is 1. The lowest BCUT2D eigenvalue weighted by Gasteiger charge is -2.27. The molecule has 0 radical (unpaired) electrons. The molecule has 8 heteroatoms. The molecular formula is C21H26N6O2. The molecule has 0 unspecified atom stereocenters. The van der Waals surface area contributed by atoms with Gasteiger partial charge in [-0.05, 0) is 44.9 Å². The number of aryl methyl sites for hydroxylation is 3. The maximum atomic E-state index is 12.5. The van der Waals surface area contributed by atoms with Gasteiger partial charge in [0, 0.05) is 37.0 Å². The van der Waals surface area contributed by atoms with E-state index in [0.29, 0.717) is 18.5 Å². The van der Waals surface area contributed by atoms with Crippen LogP contribution in [0.15, 0.2) is 24.4 Å². The predicted molar refractivity (Wildman–Crippen MR) is 111 cm³/mol. The number of aromatic nitrogens is 4. The number of anilines is 2. The Morgan fingerprint density at radius 2 is 2.00 bits per heavy atom. The van der Waals surface area contributed by atoms with E-state index in [1.807, 2.05) is 43.5 Å². The molecule has 29 heavy (non-hydrogen) atoms. The zero-order chi connectivity index (χ0) is 20.4. The number of amides is 1. The Labute approximate surface area is 169 Å². The zero-order valence-electron chi connectivity index (χ0n) is 17.1. The third-order valence-corrected chi connectivity index (χ3v) is 5.25. The lowest BCUT2D eigenvalue weighted by Crippen LogP contribution is -2.36.